The number of thiophene rings is 1. The highest BCUT2D eigenvalue weighted by molar-refractivity contribution is 7.16. The SMILES string of the molecule is Cc1ccc(O)c(C)c1-n1c(N)c(C(N)=O)c2cc3ccsc3nc21. The van der Waals surface area contributed by atoms with E-state index in [1.54, 1.807) is 23.6 Å². The molecule has 25 heavy (non-hydrogen) atoms. The molecule has 3 aromatic heterocycles. The lowest BCUT2D eigenvalue weighted by atomic mass is 10.1. The molecule has 0 atom stereocenters. The number of aromatic hydroxyl groups is 1. The Bertz CT molecular complexity index is 1170. The van der Waals surface area contributed by atoms with Gasteiger partial charge in [-0.05, 0) is 43.0 Å². The summed E-state index contributed by atoms with van der Waals surface area (Å²) in [5, 5.41) is 13.6. The van der Waals surface area contributed by atoms with Gasteiger partial charge in [0.2, 0.25) is 0 Å². The number of hydrogen-bond donors (Lipinski definition) is 3. The van der Waals surface area contributed by atoms with Crippen molar-refractivity contribution in [3.05, 3.63) is 46.3 Å². The van der Waals surface area contributed by atoms with Crippen molar-refractivity contribution >= 4 is 44.3 Å². The first-order valence-electron chi connectivity index (χ1n) is 7.67. The van der Waals surface area contributed by atoms with Gasteiger partial charge in [-0.3, -0.25) is 9.36 Å². The smallest absolute Gasteiger partial charge is 0.253 e. The van der Waals surface area contributed by atoms with Crippen LogP contribution in [0.25, 0.3) is 26.9 Å². The van der Waals surface area contributed by atoms with Gasteiger partial charge in [-0.15, -0.1) is 11.3 Å². The molecule has 3 heterocycles. The van der Waals surface area contributed by atoms with Crippen molar-refractivity contribution in [1.82, 2.24) is 9.55 Å². The lowest BCUT2D eigenvalue weighted by Gasteiger charge is -2.15. The number of rotatable bonds is 2. The number of primary amides is 1. The predicted octanol–water partition coefficient (Wildman–Crippen LogP) is 3.24. The number of nitrogens with two attached hydrogens (primary N) is 2. The summed E-state index contributed by atoms with van der Waals surface area (Å²) in [7, 11) is 0. The van der Waals surface area contributed by atoms with Crippen LogP contribution in [0, 0.1) is 13.8 Å². The molecule has 4 aromatic rings. The molecule has 0 radical (unpaired) electrons. The number of phenols is 1. The standard InChI is InChI=1S/C18H16N4O2S/c1-8-3-4-12(23)9(2)14(8)22-15(19)13(16(20)24)11-7-10-5-6-25-18(10)21-17(11)22/h3-7,23H,19H2,1-2H3,(H2,20,24). The van der Waals surface area contributed by atoms with E-state index in [1.165, 1.54) is 11.3 Å². The number of aryl methyl sites for hydroxylation is 1. The summed E-state index contributed by atoms with van der Waals surface area (Å²) in [5.41, 5.74) is 15.0. The van der Waals surface area contributed by atoms with Crippen molar-refractivity contribution < 1.29 is 9.90 Å². The molecule has 0 aliphatic carbocycles. The van der Waals surface area contributed by atoms with Gasteiger partial charge < -0.3 is 16.6 Å². The molecule has 0 bridgehead atoms. The van der Waals surface area contributed by atoms with Crippen molar-refractivity contribution in [2.45, 2.75) is 13.8 Å². The second-order valence-electron chi connectivity index (χ2n) is 6.01. The highest BCUT2D eigenvalue weighted by Crippen LogP contribution is 2.37. The van der Waals surface area contributed by atoms with Gasteiger partial charge in [-0.2, -0.15) is 0 Å². The van der Waals surface area contributed by atoms with Crippen LogP contribution in [0.2, 0.25) is 0 Å². The zero-order valence-corrected chi connectivity index (χ0v) is 14.5. The number of phenolic OH excluding ortho intramolecular Hbond substituents is 1. The lowest BCUT2D eigenvalue weighted by molar-refractivity contribution is 0.100. The first-order chi connectivity index (χ1) is 11.9. The van der Waals surface area contributed by atoms with Crippen molar-refractivity contribution in [2.75, 3.05) is 5.73 Å². The fourth-order valence-electron chi connectivity index (χ4n) is 3.26. The molecule has 0 saturated heterocycles. The maximum atomic E-state index is 12.0. The highest BCUT2D eigenvalue weighted by atomic mass is 32.1. The van der Waals surface area contributed by atoms with E-state index < -0.39 is 5.91 Å². The minimum Gasteiger partial charge on any atom is -0.508 e. The first-order valence-corrected chi connectivity index (χ1v) is 8.55. The van der Waals surface area contributed by atoms with Gasteiger partial charge in [0.25, 0.3) is 5.91 Å². The van der Waals surface area contributed by atoms with Crippen molar-refractivity contribution in [1.29, 1.82) is 0 Å². The van der Waals surface area contributed by atoms with Gasteiger partial charge in [-0.1, -0.05) is 6.07 Å². The Labute approximate surface area is 147 Å². The monoisotopic (exact) mass is 352 g/mol. The Kier molecular flexibility index (Phi) is 3.23. The Morgan fingerprint density at radius 3 is 2.76 bits per heavy atom. The molecular weight excluding hydrogens is 336 g/mol. The van der Waals surface area contributed by atoms with Crippen LogP contribution in [0.4, 0.5) is 5.82 Å². The molecule has 0 saturated carbocycles. The summed E-state index contributed by atoms with van der Waals surface area (Å²) in [6.45, 7) is 3.72. The number of carbonyl (C=O) groups excluding carboxylic acids is 1. The van der Waals surface area contributed by atoms with Crippen LogP contribution >= 0.6 is 11.3 Å². The van der Waals surface area contributed by atoms with Crippen LogP contribution in [0.3, 0.4) is 0 Å². The summed E-state index contributed by atoms with van der Waals surface area (Å²) in [4.78, 5) is 17.6. The maximum Gasteiger partial charge on any atom is 0.253 e. The molecule has 0 aliphatic rings. The number of amides is 1. The maximum absolute atomic E-state index is 12.0. The minimum atomic E-state index is -0.604. The topological polar surface area (TPSA) is 107 Å². The van der Waals surface area contributed by atoms with Gasteiger partial charge in [-0.25, -0.2) is 4.98 Å². The summed E-state index contributed by atoms with van der Waals surface area (Å²) < 4.78 is 1.71. The summed E-state index contributed by atoms with van der Waals surface area (Å²) in [6, 6.07) is 7.26. The van der Waals surface area contributed by atoms with Crippen LogP contribution in [-0.2, 0) is 0 Å². The Hall–Kier alpha value is -3.06. The quantitative estimate of drug-likeness (QED) is 0.515. The fraction of sp³-hybridized carbons (Fsp3) is 0.111. The Morgan fingerprint density at radius 1 is 1.28 bits per heavy atom. The zero-order valence-electron chi connectivity index (χ0n) is 13.7. The number of aromatic nitrogens is 2. The predicted molar refractivity (Wildman–Crippen MR) is 101 cm³/mol. The number of benzene rings is 1. The number of carbonyl (C=O) groups is 1. The lowest BCUT2D eigenvalue weighted by Crippen LogP contribution is -2.14. The third-order valence-electron chi connectivity index (χ3n) is 4.47. The number of fused-ring (bicyclic) bond motifs is 2. The number of anilines is 1. The molecule has 0 spiro atoms. The molecule has 5 N–H and O–H groups in total. The summed E-state index contributed by atoms with van der Waals surface area (Å²) in [5.74, 6) is -0.225. The van der Waals surface area contributed by atoms with Crippen LogP contribution in [-0.4, -0.2) is 20.6 Å². The first kappa shape index (κ1) is 15.5. The molecule has 1 aromatic carbocycles. The van der Waals surface area contributed by atoms with Gasteiger partial charge >= 0.3 is 0 Å². The molecule has 0 unspecified atom stereocenters. The number of pyridine rings is 1. The van der Waals surface area contributed by atoms with Gasteiger partial charge in [0.1, 0.15) is 22.0 Å². The molecule has 126 valence electrons. The highest BCUT2D eigenvalue weighted by Gasteiger charge is 2.24. The molecular formula is C18H16N4O2S. The van der Waals surface area contributed by atoms with E-state index in [-0.39, 0.29) is 17.1 Å². The van der Waals surface area contributed by atoms with Crippen LogP contribution in [0.15, 0.2) is 29.6 Å². The fourth-order valence-corrected chi connectivity index (χ4v) is 4.01. The van der Waals surface area contributed by atoms with E-state index in [9.17, 15) is 9.90 Å². The second kappa shape index (κ2) is 5.22. The Balaban J connectivity index is 2.23. The molecule has 0 aliphatic heterocycles. The Morgan fingerprint density at radius 2 is 2.04 bits per heavy atom. The van der Waals surface area contributed by atoms with Gasteiger partial charge in [0.15, 0.2) is 0 Å². The second-order valence-corrected chi connectivity index (χ2v) is 6.90. The number of hydrogen-bond acceptors (Lipinski definition) is 5. The van der Waals surface area contributed by atoms with Crippen LogP contribution in [0.5, 0.6) is 5.75 Å². The molecule has 1 amide bonds. The van der Waals surface area contributed by atoms with Crippen molar-refractivity contribution in [3.8, 4) is 11.4 Å². The minimum absolute atomic E-state index is 0.152. The summed E-state index contributed by atoms with van der Waals surface area (Å²) in [6.07, 6.45) is 0. The average Bonchev–Trinajstić information content (AvgIpc) is 3.11. The molecule has 0 fully saturated rings. The largest absolute Gasteiger partial charge is 0.508 e. The van der Waals surface area contributed by atoms with Crippen LogP contribution in [0.1, 0.15) is 21.5 Å². The van der Waals surface area contributed by atoms with E-state index >= 15 is 0 Å². The molecule has 6 nitrogen and oxygen atoms in total. The van der Waals surface area contributed by atoms with E-state index in [0.29, 0.717) is 22.3 Å². The third kappa shape index (κ3) is 2.09. The summed E-state index contributed by atoms with van der Waals surface area (Å²) >= 11 is 1.51. The van der Waals surface area contributed by atoms with Crippen molar-refractivity contribution in [3.63, 3.8) is 0 Å². The van der Waals surface area contributed by atoms with E-state index in [2.05, 4.69) is 0 Å². The zero-order chi connectivity index (χ0) is 17.9. The number of nitrogens with zero attached hydrogens (tertiary/aromatic N) is 2. The van der Waals surface area contributed by atoms with Crippen LogP contribution < -0.4 is 11.5 Å². The van der Waals surface area contributed by atoms with Gasteiger partial charge in [0, 0.05) is 16.3 Å². The number of nitrogen functional groups attached to an aromatic ring is 1. The van der Waals surface area contributed by atoms with E-state index in [0.717, 1.165) is 15.8 Å². The third-order valence-corrected chi connectivity index (χ3v) is 5.30. The molecule has 4 rings (SSSR count). The van der Waals surface area contributed by atoms with Crippen molar-refractivity contribution in [2.24, 2.45) is 5.73 Å². The van der Waals surface area contributed by atoms with E-state index in [1.807, 2.05) is 24.4 Å². The molecule has 7 heteroatoms. The van der Waals surface area contributed by atoms with E-state index in [4.69, 9.17) is 16.5 Å². The normalized spacial score (nSPS) is 11.4. The van der Waals surface area contributed by atoms with Gasteiger partial charge in [0.05, 0.1) is 11.3 Å². The average molecular weight is 352 g/mol.